The summed E-state index contributed by atoms with van der Waals surface area (Å²) in [6, 6.07) is 0. The summed E-state index contributed by atoms with van der Waals surface area (Å²) in [5, 5.41) is 25.7. The predicted molar refractivity (Wildman–Crippen MR) is 71.0 cm³/mol. The zero-order chi connectivity index (χ0) is 16.1. The molecule has 0 heterocycles. The minimum atomic E-state index is -1.66. The highest BCUT2D eigenvalue weighted by molar-refractivity contribution is 5.65. The number of carboxylic acids is 1. The maximum absolute atomic E-state index is 10.5. The van der Waals surface area contributed by atoms with Crippen LogP contribution >= 0.6 is 0 Å². The summed E-state index contributed by atoms with van der Waals surface area (Å²) in [5.74, 6) is -1.66. The van der Waals surface area contributed by atoms with Gasteiger partial charge in [0.15, 0.2) is 0 Å². The molecule has 0 aromatic heterocycles. The van der Waals surface area contributed by atoms with Gasteiger partial charge in [-0.25, -0.2) is 4.39 Å². The lowest BCUT2D eigenvalue weighted by molar-refractivity contribution is -0.870. The maximum Gasteiger partial charge on any atom is 0.129 e. The molecule has 0 bridgehead atoms. The standard InChI is InChI=1S/2C5H14NO.C2H3FO2.BrH/c2*1-6(2,3)4-5-7;3-1-2(4)5;/h2*7H,4-5H2,1-3H3;1H2,(H,4,5);1H/q2*+1;;/p-2. The summed E-state index contributed by atoms with van der Waals surface area (Å²) in [6.45, 7) is 0.840. The molecule has 0 saturated heterocycles. The first-order chi connectivity index (χ1) is 8.39. The number of hydrogen-bond donors (Lipinski definition) is 2. The normalized spacial score (nSPS) is 10.2. The lowest BCUT2D eigenvalue weighted by Gasteiger charge is -2.21. The Kier molecular flexibility index (Phi) is 21.1. The Morgan fingerprint density at radius 1 is 0.950 bits per heavy atom. The molecule has 0 aliphatic rings. The number of likely N-dealkylation sites (N-methyl/N-ethyl adjacent to an activating group) is 2. The van der Waals surface area contributed by atoms with Crippen LogP contribution in [0, 0.1) is 0 Å². The molecule has 0 rings (SSSR count). The van der Waals surface area contributed by atoms with Gasteiger partial charge in [-0.05, 0) is 0 Å². The zero-order valence-corrected chi connectivity index (χ0v) is 15.0. The van der Waals surface area contributed by atoms with Gasteiger partial charge in [0.1, 0.15) is 19.8 Å². The average Bonchev–Trinajstić information content (AvgIpc) is 2.15. The average molecular weight is 365 g/mol. The van der Waals surface area contributed by atoms with Gasteiger partial charge in [-0.2, -0.15) is 0 Å². The van der Waals surface area contributed by atoms with Gasteiger partial charge in [0.2, 0.25) is 0 Å². The number of carbonyl (C=O) groups excluding carboxylic acids is 1. The van der Waals surface area contributed by atoms with Crippen molar-refractivity contribution in [2.45, 2.75) is 0 Å². The molecule has 0 spiro atoms. The number of aliphatic hydroxyl groups is 2. The van der Waals surface area contributed by atoms with Crippen molar-refractivity contribution in [2.24, 2.45) is 0 Å². The number of aliphatic hydroxyl groups excluding tert-OH is 2. The van der Waals surface area contributed by atoms with Gasteiger partial charge >= 0.3 is 0 Å². The molecular weight excluding hydrogens is 335 g/mol. The van der Waals surface area contributed by atoms with E-state index in [2.05, 4.69) is 42.3 Å². The van der Waals surface area contributed by atoms with Crippen LogP contribution in [0.25, 0.3) is 0 Å². The zero-order valence-electron chi connectivity index (χ0n) is 13.4. The highest BCUT2D eigenvalue weighted by Crippen LogP contribution is 1.85. The van der Waals surface area contributed by atoms with Gasteiger partial charge in [0, 0.05) is 0 Å². The Balaban J connectivity index is -0.0000000952. The largest absolute Gasteiger partial charge is 1.00 e. The van der Waals surface area contributed by atoms with E-state index < -0.39 is 12.6 Å². The molecule has 20 heavy (non-hydrogen) atoms. The highest BCUT2D eigenvalue weighted by atomic mass is 79.9. The van der Waals surface area contributed by atoms with E-state index in [1.807, 2.05) is 0 Å². The van der Waals surface area contributed by atoms with Crippen LogP contribution in [-0.4, -0.2) is 100 Å². The van der Waals surface area contributed by atoms with Crippen molar-refractivity contribution in [3.8, 4) is 0 Å². The topological polar surface area (TPSA) is 80.6 Å². The van der Waals surface area contributed by atoms with E-state index in [9.17, 15) is 4.39 Å². The molecule has 0 amide bonds. The first-order valence-corrected chi connectivity index (χ1v) is 5.98. The summed E-state index contributed by atoms with van der Waals surface area (Å²) in [5.41, 5.74) is 0. The molecular formula is C12H30BrFN2O4. The minimum absolute atomic E-state index is 0. The van der Waals surface area contributed by atoms with E-state index in [-0.39, 0.29) is 30.2 Å². The van der Waals surface area contributed by atoms with Gasteiger partial charge in [0.25, 0.3) is 0 Å². The number of aliphatic carboxylic acids is 1. The number of carbonyl (C=O) groups is 1. The summed E-state index contributed by atoms with van der Waals surface area (Å²) >= 11 is 0. The number of quaternary nitrogens is 2. The van der Waals surface area contributed by atoms with Crippen LogP contribution in [0.15, 0.2) is 0 Å². The second-order valence-corrected chi connectivity index (χ2v) is 5.98. The summed E-state index contributed by atoms with van der Waals surface area (Å²) in [4.78, 5) is 8.88. The smallest absolute Gasteiger partial charge is 0.129 e. The number of nitrogens with zero attached hydrogens (tertiary/aromatic N) is 2. The molecule has 0 saturated carbocycles. The fourth-order valence-electron chi connectivity index (χ4n) is 0.600. The van der Waals surface area contributed by atoms with Crippen molar-refractivity contribution in [3.63, 3.8) is 0 Å². The molecule has 2 N–H and O–H groups in total. The number of alkyl halides is 1. The first kappa shape index (κ1) is 28.0. The van der Waals surface area contributed by atoms with Gasteiger partial charge in [-0.15, -0.1) is 0 Å². The molecule has 0 radical (unpaired) electrons. The number of hydrogen-bond acceptors (Lipinski definition) is 4. The van der Waals surface area contributed by atoms with Crippen LogP contribution in [0.4, 0.5) is 4.39 Å². The Morgan fingerprint density at radius 3 is 1.15 bits per heavy atom. The van der Waals surface area contributed by atoms with Crippen LogP contribution in [0.2, 0.25) is 0 Å². The predicted octanol–water partition coefficient (Wildman–Crippen LogP) is -4.92. The van der Waals surface area contributed by atoms with Crippen molar-refractivity contribution in [1.29, 1.82) is 0 Å². The summed E-state index contributed by atoms with van der Waals surface area (Å²) < 4.78 is 12.1. The molecule has 6 nitrogen and oxygen atoms in total. The Labute approximate surface area is 132 Å². The highest BCUT2D eigenvalue weighted by Gasteiger charge is 2.02. The molecule has 0 aliphatic heterocycles. The molecule has 8 heteroatoms. The van der Waals surface area contributed by atoms with Crippen LogP contribution in [-0.2, 0) is 4.79 Å². The Hall–Kier alpha value is -0.280. The van der Waals surface area contributed by atoms with Crippen LogP contribution in [0.3, 0.4) is 0 Å². The maximum atomic E-state index is 10.5. The third-order valence-corrected chi connectivity index (χ3v) is 1.65. The number of rotatable bonds is 5. The summed E-state index contributed by atoms with van der Waals surface area (Å²) in [6.07, 6.45) is 0. The van der Waals surface area contributed by atoms with Crippen LogP contribution < -0.4 is 22.1 Å². The number of halogens is 2. The number of carboxylic acid groups (broad SMARTS) is 1. The van der Waals surface area contributed by atoms with Gasteiger partial charge in [-0.1, -0.05) is 0 Å². The fourth-order valence-corrected chi connectivity index (χ4v) is 0.600. The second-order valence-electron chi connectivity index (χ2n) is 5.98. The quantitative estimate of drug-likeness (QED) is 0.479. The third kappa shape index (κ3) is 52.4. The van der Waals surface area contributed by atoms with Crippen LogP contribution in [0.5, 0.6) is 0 Å². The molecule has 0 fully saturated rings. The molecule has 0 aromatic carbocycles. The Bertz CT molecular complexity index is 202. The van der Waals surface area contributed by atoms with E-state index in [1.54, 1.807) is 0 Å². The van der Waals surface area contributed by atoms with Crippen LogP contribution in [0.1, 0.15) is 0 Å². The monoisotopic (exact) mass is 364 g/mol. The van der Waals surface area contributed by atoms with E-state index in [4.69, 9.17) is 20.1 Å². The molecule has 0 aliphatic carbocycles. The molecule has 0 unspecified atom stereocenters. The first-order valence-electron chi connectivity index (χ1n) is 5.98. The van der Waals surface area contributed by atoms with E-state index in [0.29, 0.717) is 0 Å². The van der Waals surface area contributed by atoms with E-state index >= 15 is 0 Å². The van der Waals surface area contributed by atoms with Crippen molar-refractivity contribution in [3.05, 3.63) is 0 Å². The SMILES string of the molecule is C[N+](C)(C)CCO.C[N+](C)(C)CCO.O=C([O-])CF.[Br-]. The molecule has 126 valence electrons. The van der Waals surface area contributed by atoms with E-state index in [0.717, 1.165) is 22.1 Å². The summed E-state index contributed by atoms with van der Waals surface area (Å²) in [7, 11) is 12.3. The Morgan fingerprint density at radius 2 is 1.15 bits per heavy atom. The molecule has 0 aromatic rings. The lowest BCUT2D eigenvalue weighted by atomic mass is 10.5. The lowest BCUT2D eigenvalue weighted by Crippen LogP contribution is -3.00. The van der Waals surface area contributed by atoms with Gasteiger partial charge < -0.3 is 46.1 Å². The van der Waals surface area contributed by atoms with Gasteiger partial charge in [-0.3, -0.25) is 0 Å². The van der Waals surface area contributed by atoms with Crippen molar-refractivity contribution in [2.75, 3.05) is 75.3 Å². The molecule has 0 atom stereocenters. The van der Waals surface area contributed by atoms with E-state index in [1.165, 1.54) is 0 Å². The van der Waals surface area contributed by atoms with Crippen molar-refractivity contribution < 1.29 is 50.5 Å². The third-order valence-electron chi connectivity index (χ3n) is 1.65. The minimum Gasteiger partial charge on any atom is -1.00 e. The fraction of sp³-hybridized carbons (Fsp3) is 0.917. The second kappa shape index (κ2) is 15.1. The van der Waals surface area contributed by atoms with Crippen molar-refractivity contribution in [1.82, 2.24) is 0 Å². The van der Waals surface area contributed by atoms with Crippen molar-refractivity contribution >= 4 is 5.97 Å². The van der Waals surface area contributed by atoms with Gasteiger partial charge in [0.05, 0.1) is 61.5 Å².